The number of methoxy groups -OCH3 is 1. The van der Waals surface area contributed by atoms with E-state index in [4.69, 9.17) is 9.47 Å². The average Bonchev–Trinajstić information content (AvgIpc) is 2.67. The lowest BCUT2D eigenvalue weighted by Crippen LogP contribution is -2.48. The first-order chi connectivity index (χ1) is 13.8. The van der Waals surface area contributed by atoms with Crippen LogP contribution in [0.15, 0.2) is 12.1 Å². The first-order valence-corrected chi connectivity index (χ1v) is 11.1. The van der Waals surface area contributed by atoms with Crippen LogP contribution in [-0.4, -0.2) is 49.6 Å². The van der Waals surface area contributed by atoms with Crippen LogP contribution in [0.2, 0.25) is 0 Å². The van der Waals surface area contributed by atoms with Crippen LogP contribution in [0.25, 0.3) is 0 Å². The maximum atomic E-state index is 12.2. The fourth-order valence-electron chi connectivity index (χ4n) is 4.91. The molecule has 0 radical (unpaired) electrons. The number of ether oxygens (including phenoxy) is 2. The first kappa shape index (κ1) is 22.4. The molecule has 1 N–H and O–H groups in total. The summed E-state index contributed by atoms with van der Waals surface area (Å²) in [6.45, 7) is 9.05. The highest BCUT2D eigenvalue weighted by atomic mass is 19.1. The molecule has 2 aliphatic heterocycles. The van der Waals surface area contributed by atoms with Crippen molar-refractivity contribution >= 4 is 0 Å². The SMILES string of the molecule is COc1cc2c(cc1OCCCCCF)CCN1C[C@@H](CC(C)(C)C)[C@H](O)C[C@H]21. The van der Waals surface area contributed by atoms with Crippen molar-refractivity contribution in [2.75, 3.05) is 33.5 Å². The van der Waals surface area contributed by atoms with E-state index < -0.39 is 0 Å². The van der Waals surface area contributed by atoms with Crippen molar-refractivity contribution in [3.05, 3.63) is 23.3 Å². The number of fused-ring (bicyclic) bond motifs is 3. The highest BCUT2D eigenvalue weighted by Gasteiger charge is 2.39. The van der Waals surface area contributed by atoms with Gasteiger partial charge in [-0.1, -0.05) is 20.8 Å². The van der Waals surface area contributed by atoms with Gasteiger partial charge in [0.2, 0.25) is 0 Å². The number of hydrogen-bond acceptors (Lipinski definition) is 4. The molecule has 5 heteroatoms. The maximum Gasteiger partial charge on any atom is 0.161 e. The number of piperidine rings is 1. The molecular formula is C24H38FNO3. The van der Waals surface area contributed by atoms with Gasteiger partial charge in [0.25, 0.3) is 0 Å². The summed E-state index contributed by atoms with van der Waals surface area (Å²) in [4.78, 5) is 2.54. The third kappa shape index (κ3) is 5.64. The van der Waals surface area contributed by atoms with Crippen LogP contribution in [0.1, 0.15) is 70.0 Å². The molecule has 0 aromatic heterocycles. The Morgan fingerprint density at radius 3 is 2.66 bits per heavy atom. The Labute approximate surface area is 175 Å². The number of rotatable bonds is 8. The second-order valence-corrected chi connectivity index (χ2v) is 9.89. The van der Waals surface area contributed by atoms with Gasteiger partial charge in [-0.3, -0.25) is 9.29 Å². The molecule has 0 saturated carbocycles. The first-order valence-electron chi connectivity index (χ1n) is 11.1. The molecule has 1 aromatic rings. The molecule has 0 bridgehead atoms. The van der Waals surface area contributed by atoms with Gasteiger partial charge in [-0.05, 0) is 73.1 Å². The van der Waals surface area contributed by atoms with Gasteiger partial charge in [0.1, 0.15) is 0 Å². The molecule has 1 aromatic carbocycles. The van der Waals surface area contributed by atoms with E-state index in [1.54, 1.807) is 7.11 Å². The van der Waals surface area contributed by atoms with Crippen molar-refractivity contribution < 1.29 is 19.0 Å². The molecule has 3 atom stereocenters. The average molecular weight is 408 g/mol. The van der Waals surface area contributed by atoms with Gasteiger partial charge in [-0.2, -0.15) is 0 Å². The third-order valence-electron chi connectivity index (χ3n) is 6.28. The predicted molar refractivity (Wildman–Crippen MR) is 115 cm³/mol. The monoisotopic (exact) mass is 407 g/mol. The van der Waals surface area contributed by atoms with E-state index in [2.05, 4.69) is 37.8 Å². The van der Waals surface area contributed by atoms with Gasteiger partial charge < -0.3 is 14.6 Å². The van der Waals surface area contributed by atoms with Crippen LogP contribution in [0.4, 0.5) is 4.39 Å². The summed E-state index contributed by atoms with van der Waals surface area (Å²) in [5.41, 5.74) is 2.80. The van der Waals surface area contributed by atoms with E-state index >= 15 is 0 Å². The summed E-state index contributed by atoms with van der Waals surface area (Å²) in [6.07, 6.45) is 4.84. The molecule has 1 saturated heterocycles. The standard InChI is InChI=1S/C24H38FNO3/c1-24(2,3)15-18-16-26-10-8-17-12-23(29-11-7-5-6-9-25)22(28-4)13-19(17)20(26)14-21(18)27/h12-13,18,20-21,27H,5-11,14-16H2,1-4H3/t18-,20-,21-/m1/s1. The van der Waals surface area contributed by atoms with E-state index in [0.717, 1.165) is 56.7 Å². The van der Waals surface area contributed by atoms with E-state index in [1.165, 1.54) is 11.1 Å². The summed E-state index contributed by atoms with van der Waals surface area (Å²) in [5, 5.41) is 10.9. The van der Waals surface area contributed by atoms with Crippen LogP contribution in [-0.2, 0) is 6.42 Å². The normalized spacial score (nSPS) is 24.7. The minimum absolute atomic E-state index is 0.228. The third-order valence-corrected chi connectivity index (χ3v) is 6.28. The van der Waals surface area contributed by atoms with Crippen molar-refractivity contribution in [1.29, 1.82) is 0 Å². The molecule has 4 nitrogen and oxygen atoms in total. The van der Waals surface area contributed by atoms with E-state index in [0.29, 0.717) is 18.9 Å². The smallest absolute Gasteiger partial charge is 0.161 e. The Balaban J connectivity index is 1.72. The minimum Gasteiger partial charge on any atom is -0.493 e. The fourth-order valence-corrected chi connectivity index (χ4v) is 4.91. The zero-order valence-electron chi connectivity index (χ0n) is 18.5. The molecular weight excluding hydrogens is 369 g/mol. The van der Waals surface area contributed by atoms with Gasteiger partial charge >= 0.3 is 0 Å². The summed E-state index contributed by atoms with van der Waals surface area (Å²) < 4.78 is 23.8. The zero-order valence-corrected chi connectivity index (χ0v) is 18.5. The number of aliphatic hydroxyl groups excluding tert-OH is 1. The lowest BCUT2D eigenvalue weighted by atomic mass is 9.75. The quantitative estimate of drug-likeness (QED) is 0.621. The van der Waals surface area contributed by atoms with Crippen molar-refractivity contribution in [3.8, 4) is 11.5 Å². The van der Waals surface area contributed by atoms with Gasteiger partial charge in [0, 0.05) is 19.1 Å². The maximum absolute atomic E-state index is 12.2. The minimum atomic E-state index is -0.265. The molecule has 0 unspecified atom stereocenters. The van der Waals surface area contributed by atoms with Crippen molar-refractivity contribution in [3.63, 3.8) is 0 Å². The number of unbranched alkanes of at least 4 members (excludes halogenated alkanes) is 2. The van der Waals surface area contributed by atoms with Crippen molar-refractivity contribution in [1.82, 2.24) is 4.90 Å². The Hall–Kier alpha value is -1.33. The van der Waals surface area contributed by atoms with Crippen LogP contribution in [0.3, 0.4) is 0 Å². The number of benzene rings is 1. The van der Waals surface area contributed by atoms with Gasteiger partial charge in [0.05, 0.1) is 26.5 Å². The number of hydrogen-bond donors (Lipinski definition) is 1. The Morgan fingerprint density at radius 1 is 1.17 bits per heavy atom. The van der Waals surface area contributed by atoms with E-state index in [1.807, 2.05) is 0 Å². The van der Waals surface area contributed by atoms with Gasteiger partial charge in [-0.25, -0.2) is 0 Å². The summed E-state index contributed by atoms with van der Waals surface area (Å²) in [6, 6.07) is 4.48. The molecule has 1 fully saturated rings. The molecule has 3 rings (SSSR count). The highest BCUT2D eigenvalue weighted by molar-refractivity contribution is 5.49. The Kier molecular flexibility index (Phi) is 7.44. The number of halogens is 1. The summed E-state index contributed by atoms with van der Waals surface area (Å²) >= 11 is 0. The topological polar surface area (TPSA) is 41.9 Å². The van der Waals surface area contributed by atoms with Gasteiger partial charge in [0.15, 0.2) is 11.5 Å². The molecule has 0 aliphatic carbocycles. The summed E-state index contributed by atoms with van der Waals surface area (Å²) in [7, 11) is 1.67. The zero-order chi connectivity index (χ0) is 21.0. The largest absolute Gasteiger partial charge is 0.493 e. The lowest BCUT2D eigenvalue weighted by molar-refractivity contribution is -0.0259. The van der Waals surface area contributed by atoms with Gasteiger partial charge in [-0.15, -0.1) is 0 Å². The molecule has 29 heavy (non-hydrogen) atoms. The van der Waals surface area contributed by atoms with Crippen molar-refractivity contribution in [2.24, 2.45) is 11.3 Å². The number of nitrogens with zero attached hydrogens (tertiary/aromatic N) is 1. The Bertz CT molecular complexity index is 673. The predicted octanol–water partition coefficient (Wildman–Crippen LogP) is 4.93. The number of aliphatic hydroxyl groups is 1. The highest BCUT2D eigenvalue weighted by Crippen LogP contribution is 2.44. The van der Waals surface area contributed by atoms with Crippen LogP contribution < -0.4 is 9.47 Å². The second-order valence-electron chi connectivity index (χ2n) is 9.89. The molecule has 0 amide bonds. The summed E-state index contributed by atoms with van der Waals surface area (Å²) in [5.74, 6) is 1.87. The second kappa shape index (κ2) is 9.65. The molecule has 2 aliphatic rings. The van der Waals surface area contributed by atoms with Crippen LogP contribution in [0.5, 0.6) is 11.5 Å². The van der Waals surface area contributed by atoms with E-state index in [9.17, 15) is 9.50 Å². The Morgan fingerprint density at radius 2 is 1.97 bits per heavy atom. The molecule has 0 spiro atoms. The van der Waals surface area contributed by atoms with Crippen LogP contribution >= 0.6 is 0 Å². The van der Waals surface area contributed by atoms with Crippen molar-refractivity contribution in [2.45, 2.75) is 71.4 Å². The number of alkyl halides is 1. The fraction of sp³-hybridized carbons (Fsp3) is 0.750. The molecule has 164 valence electrons. The molecule has 2 heterocycles. The van der Waals surface area contributed by atoms with E-state index in [-0.39, 0.29) is 24.2 Å². The lowest BCUT2D eigenvalue weighted by Gasteiger charge is -2.47. The van der Waals surface area contributed by atoms with Crippen LogP contribution in [0, 0.1) is 11.3 Å².